The number of hydrogen-bond donors (Lipinski definition) is 1. The summed E-state index contributed by atoms with van der Waals surface area (Å²) in [6.45, 7) is 4.33. The Morgan fingerprint density at radius 3 is 2.44 bits per heavy atom. The Balaban J connectivity index is 1.59. The average molecular weight is 383 g/mol. The third-order valence-electron chi connectivity index (χ3n) is 3.69. The van der Waals surface area contributed by atoms with Crippen molar-refractivity contribution in [2.45, 2.75) is 30.4 Å². The molecule has 3 aromatic rings. The molecule has 140 valence electrons. The Bertz CT molecular complexity index is 890. The van der Waals surface area contributed by atoms with Gasteiger partial charge in [-0.25, -0.2) is 0 Å². The van der Waals surface area contributed by atoms with E-state index >= 15 is 0 Å². The second-order valence-electron chi connectivity index (χ2n) is 6.17. The maximum Gasteiger partial charge on any atom is 0.322 e. The molecule has 0 aliphatic heterocycles. The maximum atomic E-state index is 12.2. The minimum atomic E-state index is -0.317. The second-order valence-corrected chi connectivity index (χ2v) is 7.82. The summed E-state index contributed by atoms with van der Waals surface area (Å²) in [7, 11) is 1.58. The highest BCUT2D eigenvalue weighted by Gasteiger charge is 2.12. The molecular weight excluding hydrogens is 362 g/mol. The minimum Gasteiger partial charge on any atom is -0.497 e. The molecular formula is C20H21N3O3S. The third-order valence-corrected chi connectivity index (χ3v) is 4.71. The van der Waals surface area contributed by atoms with Crippen LogP contribution in [-0.2, 0) is 6.42 Å². The molecule has 0 bridgehead atoms. The molecule has 0 aliphatic carbocycles. The molecule has 0 saturated heterocycles. The van der Waals surface area contributed by atoms with Crippen LogP contribution in [0, 0.1) is 0 Å². The predicted octanol–water partition coefficient (Wildman–Crippen LogP) is 4.42. The van der Waals surface area contributed by atoms with Gasteiger partial charge in [0.05, 0.1) is 13.5 Å². The van der Waals surface area contributed by atoms with E-state index in [1.807, 2.05) is 23.9 Å². The topological polar surface area (TPSA) is 77.2 Å². The minimum absolute atomic E-state index is 0.0813. The number of nitrogens with zero attached hydrogens (tertiary/aromatic N) is 2. The fourth-order valence-corrected chi connectivity index (χ4v) is 3.26. The Morgan fingerprint density at radius 1 is 1.11 bits per heavy atom. The zero-order valence-electron chi connectivity index (χ0n) is 15.4. The first-order chi connectivity index (χ1) is 13.0. The van der Waals surface area contributed by atoms with Crippen molar-refractivity contribution in [3.8, 4) is 5.75 Å². The summed E-state index contributed by atoms with van der Waals surface area (Å²) in [4.78, 5) is 13.5. The van der Waals surface area contributed by atoms with Crippen molar-refractivity contribution in [2.24, 2.45) is 0 Å². The van der Waals surface area contributed by atoms with Crippen LogP contribution in [0.1, 0.15) is 35.7 Å². The summed E-state index contributed by atoms with van der Waals surface area (Å²) in [6.07, 6.45) is 0.512. The highest BCUT2D eigenvalue weighted by atomic mass is 32.2. The van der Waals surface area contributed by atoms with Gasteiger partial charge in [-0.2, -0.15) is 0 Å². The number of thioether (sulfide) groups is 1. The number of carbonyl (C=O) groups excluding carboxylic acids is 1. The standard InChI is InChI=1S/C20H21N3O3S/c1-13(2)27-17-10-4-14(5-11-17)12-18-22-23-20(26-18)21-19(24)15-6-8-16(25-3)9-7-15/h4-11,13H,12H2,1-3H3,(H,21,23,24). The quantitative estimate of drug-likeness (QED) is 0.609. The molecule has 0 fully saturated rings. The number of carbonyl (C=O) groups is 1. The highest BCUT2D eigenvalue weighted by Crippen LogP contribution is 2.23. The largest absolute Gasteiger partial charge is 0.497 e. The lowest BCUT2D eigenvalue weighted by Crippen LogP contribution is -2.11. The molecule has 0 aliphatic rings. The van der Waals surface area contributed by atoms with Crippen molar-refractivity contribution in [1.29, 1.82) is 0 Å². The molecule has 7 heteroatoms. The van der Waals surface area contributed by atoms with E-state index in [0.717, 1.165) is 5.56 Å². The van der Waals surface area contributed by atoms with E-state index in [1.54, 1.807) is 31.4 Å². The van der Waals surface area contributed by atoms with E-state index in [4.69, 9.17) is 9.15 Å². The summed E-state index contributed by atoms with van der Waals surface area (Å²) in [6, 6.07) is 15.1. The lowest BCUT2D eigenvalue weighted by Gasteiger charge is -2.05. The van der Waals surface area contributed by atoms with Crippen LogP contribution < -0.4 is 10.1 Å². The van der Waals surface area contributed by atoms with Gasteiger partial charge in [0.15, 0.2) is 0 Å². The Hall–Kier alpha value is -2.80. The van der Waals surface area contributed by atoms with Crippen molar-refractivity contribution in [3.05, 3.63) is 65.5 Å². The van der Waals surface area contributed by atoms with Crippen LogP contribution >= 0.6 is 11.8 Å². The van der Waals surface area contributed by atoms with E-state index < -0.39 is 0 Å². The van der Waals surface area contributed by atoms with Crippen LogP contribution in [0.15, 0.2) is 57.8 Å². The molecule has 27 heavy (non-hydrogen) atoms. The summed E-state index contributed by atoms with van der Waals surface area (Å²) >= 11 is 1.82. The summed E-state index contributed by atoms with van der Waals surface area (Å²) < 4.78 is 10.6. The number of anilines is 1. The maximum absolute atomic E-state index is 12.2. The molecule has 6 nitrogen and oxygen atoms in total. The normalized spacial score (nSPS) is 10.8. The zero-order valence-corrected chi connectivity index (χ0v) is 16.2. The number of hydrogen-bond acceptors (Lipinski definition) is 6. The lowest BCUT2D eigenvalue weighted by atomic mass is 10.1. The SMILES string of the molecule is COc1ccc(C(=O)Nc2nnc(Cc3ccc(SC(C)C)cc3)o2)cc1. The predicted molar refractivity (Wildman–Crippen MR) is 105 cm³/mol. The fraction of sp³-hybridized carbons (Fsp3) is 0.250. The van der Waals surface area contributed by atoms with Crippen molar-refractivity contribution in [3.63, 3.8) is 0 Å². The number of nitrogens with one attached hydrogen (secondary N) is 1. The van der Waals surface area contributed by atoms with Gasteiger partial charge in [-0.05, 0) is 42.0 Å². The van der Waals surface area contributed by atoms with Gasteiger partial charge in [0.2, 0.25) is 5.89 Å². The van der Waals surface area contributed by atoms with Crippen molar-refractivity contribution >= 4 is 23.7 Å². The summed E-state index contributed by atoms with van der Waals surface area (Å²) in [5, 5.41) is 11.0. The number of amides is 1. The molecule has 1 amide bonds. The number of rotatable bonds is 7. The Labute approximate surface area is 162 Å². The molecule has 0 saturated carbocycles. The second kappa shape index (κ2) is 8.73. The molecule has 1 aromatic heterocycles. The van der Waals surface area contributed by atoms with Crippen LogP contribution in [-0.4, -0.2) is 28.5 Å². The smallest absolute Gasteiger partial charge is 0.322 e. The summed E-state index contributed by atoms with van der Waals surface area (Å²) in [5.74, 6) is 0.816. The molecule has 3 rings (SSSR count). The van der Waals surface area contributed by atoms with E-state index in [1.165, 1.54) is 4.90 Å². The molecule has 1 heterocycles. The van der Waals surface area contributed by atoms with E-state index in [0.29, 0.717) is 28.9 Å². The van der Waals surface area contributed by atoms with Crippen LogP contribution in [0.3, 0.4) is 0 Å². The van der Waals surface area contributed by atoms with Gasteiger partial charge >= 0.3 is 6.01 Å². The third kappa shape index (κ3) is 5.34. The van der Waals surface area contributed by atoms with Gasteiger partial charge in [0.25, 0.3) is 5.91 Å². The van der Waals surface area contributed by atoms with Crippen molar-refractivity contribution in [1.82, 2.24) is 10.2 Å². The van der Waals surface area contributed by atoms with Gasteiger partial charge < -0.3 is 9.15 Å². The lowest BCUT2D eigenvalue weighted by molar-refractivity contribution is 0.102. The zero-order chi connectivity index (χ0) is 19.2. The van der Waals surface area contributed by atoms with E-state index in [9.17, 15) is 4.79 Å². The van der Waals surface area contributed by atoms with Gasteiger partial charge in [-0.1, -0.05) is 31.1 Å². The summed E-state index contributed by atoms with van der Waals surface area (Å²) in [5.41, 5.74) is 1.55. The van der Waals surface area contributed by atoms with E-state index in [-0.39, 0.29) is 11.9 Å². The van der Waals surface area contributed by atoms with Crippen LogP contribution in [0.4, 0.5) is 6.01 Å². The first kappa shape index (κ1) is 19.0. The number of aromatic nitrogens is 2. The number of benzene rings is 2. The van der Waals surface area contributed by atoms with Crippen molar-refractivity contribution < 1.29 is 13.9 Å². The Kier molecular flexibility index (Phi) is 6.13. The molecule has 0 atom stereocenters. The van der Waals surface area contributed by atoms with Crippen LogP contribution in [0.5, 0.6) is 5.75 Å². The van der Waals surface area contributed by atoms with E-state index in [2.05, 4.69) is 41.5 Å². The first-order valence-electron chi connectivity index (χ1n) is 8.57. The van der Waals surface area contributed by atoms with Gasteiger partial charge in [-0.3, -0.25) is 10.1 Å². The molecule has 1 N–H and O–H groups in total. The fourth-order valence-electron chi connectivity index (χ4n) is 2.42. The van der Waals surface area contributed by atoms with Crippen molar-refractivity contribution in [2.75, 3.05) is 12.4 Å². The molecule has 2 aromatic carbocycles. The first-order valence-corrected chi connectivity index (χ1v) is 9.45. The number of methoxy groups -OCH3 is 1. The Morgan fingerprint density at radius 2 is 1.81 bits per heavy atom. The van der Waals surface area contributed by atoms with Gasteiger partial charge in [0.1, 0.15) is 5.75 Å². The highest BCUT2D eigenvalue weighted by molar-refractivity contribution is 7.99. The molecule has 0 spiro atoms. The monoisotopic (exact) mass is 383 g/mol. The van der Waals surface area contributed by atoms with Crippen LogP contribution in [0.2, 0.25) is 0 Å². The van der Waals surface area contributed by atoms with Gasteiger partial charge in [-0.15, -0.1) is 16.9 Å². The molecule has 0 radical (unpaired) electrons. The average Bonchev–Trinajstić information content (AvgIpc) is 3.09. The van der Waals surface area contributed by atoms with Gasteiger partial charge in [0, 0.05) is 15.7 Å². The molecule has 0 unspecified atom stereocenters. The van der Waals surface area contributed by atoms with Crippen LogP contribution in [0.25, 0.3) is 0 Å². The number of ether oxygens (including phenoxy) is 1.